The van der Waals surface area contributed by atoms with Crippen molar-refractivity contribution in [2.45, 2.75) is 6.10 Å². The van der Waals surface area contributed by atoms with Gasteiger partial charge in [0.25, 0.3) is 5.91 Å². The Kier molecular flexibility index (Phi) is 16.1. The Balaban J connectivity index is 0. The van der Waals surface area contributed by atoms with Gasteiger partial charge >= 0.3 is 0 Å². The number of carbonyl (C=O) groups is 2. The summed E-state index contributed by atoms with van der Waals surface area (Å²) in [6.45, 7) is 0.403. The van der Waals surface area contributed by atoms with E-state index in [4.69, 9.17) is 24.4 Å². The number of amides is 2. The van der Waals surface area contributed by atoms with Crippen molar-refractivity contribution in [2.75, 3.05) is 41.7 Å². The Morgan fingerprint density at radius 1 is 1.24 bits per heavy atom. The molecule has 0 fully saturated rings. The molecular weight excluding hydrogens is 359 g/mol. The van der Waals surface area contributed by atoms with E-state index in [0.29, 0.717) is 13.1 Å². The van der Waals surface area contributed by atoms with E-state index in [1.165, 1.54) is 26.5 Å². The minimum atomic E-state index is -2.70. The number of hydrogen-bond donors (Lipinski definition) is 5. The van der Waals surface area contributed by atoms with E-state index in [2.05, 4.69) is 4.74 Å². The van der Waals surface area contributed by atoms with Gasteiger partial charge in [-0.25, -0.2) is 0 Å². The molecule has 0 bridgehead atoms. The third-order valence-corrected chi connectivity index (χ3v) is 2.95. The molecule has 0 aliphatic carbocycles. The number of hydrogen-bond acceptors (Lipinski definition) is 10. The zero-order valence-electron chi connectivity index (χ0n) is 14.4. The van der Waals surface area contributed by atoms with Gasteiger partial charge in [0.05, 0.1) is 6.61 Å². The van der Waals surface area contributed by atoms with E-state index in [1.54, 1.807) is 19.1 Å². The summed E-state index contributed by atoms with van der Waals surface area (Å²) in [5.41, 5.74) is -0.876. The Morgan fingerprint density at radius 2 is 1.84 bits per heavy atom. The van der Waals surface area contributed by atoms with Gasteiger partial charge in [0.15, 0.2) is 5.76 Å². The molecule has 0 saturated carbocycles. The molecule has 25 heavy (non-hydrogen) atoms. The van der Waals surface area contributed by atoms with Crippen LogP contribution in [0.25, 0.3) is 0 Å². The third kappa shape index (κ3) is 13.2. The number of imide groups is 1. The van der Waals surface area contributed by atoms with Gasteiger partial charge in [0.2, 0.25) is 20.3 Å². The van der Waals surface area contributed by atoms with Crippen molar-refractivity contribution in [1.82, 2.24) is 10.2 Å². The molecule has 0 rings (SSSR count). The van der Waals surface area contributed by atoms with Gasteiger partial charge in [-0.15, -0.1) is 0 Å². The number of rotatable bonds is 10. The predicted molar refractivity (Wildman–Crippen MR) is 89.3 cm³/mol. The molecule has 5 N–H and O–H groups in total. The SMILES string of the molecule is COCC(OC)/C(O)=C(\O)P(O)O.COCN(C)/C=C\C(=O)NC=O. The minimum Gasteiger partial charge on any atom is -0.506 e. The molecule has 0 heterocycles. The lowest BCUT2D eigenvalue weighted by atomic mass is 10.3. The Bertz CT molecular complexity index is 443. The molecule has 1 atom stereocenters. The van der Waals surface area contributed by atoms with Crippen molar-refractivity contribution in [3.63, 3.8) is 0 Å². The molecule has 0 aromatic heterocycles. The molecule has 1 unspecified atom stereocenters. The monoisotopic (exact) mass is 384 g/mol. The molecule has 0 aromatic carbocycles. The molecule has 11 nitrogen and oxygen atoms in total. The Morgan fingerprint density at radius 3 is 2.24 bits per heavy atom. The zero-order valence-corrected chi connectivity index (χ0v) is 15.3. The van der Waals surface area contributed by atoms with E-state index in [9.17, 15) is 14.7 Å². The Hall–Kier alpha value is -1.75. The van der Waals surface area contributed by atoms with Crippen LogP contribution in [0.5, 0.6) is 0 Å². The molecule has 2 amide bonds. The van der Waals surface area contributed by atoms with Gasteiger partial charge in [-0.1, -0.05) is 0 Å². The topological polar surface area (TPSA) is 158 Å². The summed E-state index contributed by atoms with van der Waals surface area (Å²) in [6, 6.07) is 0. The summed E-state index contributed by atoms with van der Waals surface area (Å²) >= 11 is 0. The van der Waals surface area contributed by atoms with Crippen LogP contribution in [-0.2, 0) is 23.8 Å². The molecule has 0 radical (unpaired) electrons. The number of nitrogens with one attached hydrogen (secondary N) is 1. The number of aliphatic hydroxyl groups excluding tert-OH is 2. The number of ether oxygens (including phenoxy) is 3. The maximum absolute atomic E-state index is 10.7. The van der Waals surface area contributed by atoms with Crippen LogP contribution < -0.4 is 5.32 Å². The molecular formula is C13H25N2O9P. The van der Waals surface area contributed by atoms with Gasteiger partial charge in [-0.2, -0.15) is 0 Å². The highest BCUT2D eigenvalue weighted by molar-refractivity contribution is 7.49. The fraction of sp³-hybridized carbons (Fsp3) is 0.538. The van der Waals surface area contributed by atoms with Crippen molar-refractivity contribution in [2.24, 2.45) is 0 Å². The average Bonchev–Trinajstić information content (AvgIpc) is 2.57. The zero-order chi connectivity index (χ0) is 19.8. The first kappa shape index (κ1) is 25.5. The van der Waals surface area contributed by atoms with Crippen LogP contribution in [0.3, 0.4) is 0 Å². The maximum Gasteiger partial charge on any atom is 0.251 e. The molecule has 0 aromatic rings. The molecule has 0 saturated heterocycles. The van der Waals surface area contributed by atoms with Crippen LogP contribution in [-0.4, -0.2) is 85.0 Å². The lowest BCUT2D eigenvalue weighted by Gasteiger charge is -2.14. The maximum atomic E-state index is 10.7. The lowest BCUT2D eigenvalue weighted by Crippen LogP contribution is -2.21. The summed E-state index contributed by atoms with van der Waals surface area (Å²) in [4.78, 5) is 39.2. The van der Waals surface area contributed by atoms with Crippen LogP contribution >= 0.6 is 8.38 Å². The number of methoxy groups -OCH3 is 3. The highest BCUT2D eigenvalue weighted by Crippen LogP contribution is 2.35. The van der Waals surface area contributed by atoms with Gasteiger partial charge in [-0.05, 0) is 0 Å². The number of nitrogens with zero attached hydrogens (tertiary/aromatic N) is 1. The van der Waals surface area contributed by atoms with Gasteiger partial charge < -0.3 is 39.1 Å². The van der Waals surface area contributed by atoms with Crippen molar-refractivity contribution >= 4 is 20.7 Å². The van der Waals surface area contributed by atoms with E-state index >= 15 is 0 Å². The highest BCUT2D eigenvalue weighted by Gasteiger charge is 2.21. The quantitative estimate of drug-likeness (QED) is 0.110. The van der Waals surface area contributed by atoms with Crippen LogP contribution in [0.2, 0.25) is 0 Å². The molecule has 0 aliphatic heterocycles. The number of aliphatic hydroxyl groups is 2. The lowest BCUT2D eigenvalue weighted by molar-refractivity contribution is -0.121. The second kappa shape index (κ2) is 15.8. The fourth-order valence-electron chi connectivity index (χ4n) is 1.20. The largest absolute Gasteiger partial charge is 0.506 e. The van der Waals surface area contributed by atoms with E-state index in [-0.39, 0.29) is 6.61 Å². The fourth-order valence-corrected chi connectivity index (χ4v) is 1.55. The molecule has 0 aliphatic rings. The summed E-state index contributed by atoms with van der Waals surface area (Å²) in [5.74, 6) is -1.08. The van der Waals surface area contributed by atoms with Crippen molar-refractivity contribution in [3.05, 3.63) is 23.5 Å². The second-order valence-corrected chi connectivity index (χ2v) is 5.30. The van der Waals surface area contributed by atoms with Crippen molar-refractivity contribution in [1.29, 1.82) is 0 Å². The van der Waals surface area contributed by atoms with E-state index in [1.807, 2.05) is 5.32 Å². The minimum absolute atomic E-state index is 0.00949. The molecule has 146 valence electrons. The van der Waals surface area contributed by atoms with Crippen LogP contribution in [0, 0.1) is 0 Å². The summed E-state index contributed by atoms with van der Waals surface area (Å²) in [5, 5.41) is 20.1. The van der Waals surface area contributed by atoms with Crippen molar-refractivity contribution < 1.29 is 43.8 Å². The standard InChI is InChI=1S/C7H12N2O3.C6H13O6P/c1-9(6-12-2)4-3-7(11)8-5-10;1-11-3-4(12-2)5(7)6(8)13(9)10/h3-5H,6H2,1-2H3,(H,8,10,11);4,7-10H,3H2,1-2H3/b4-3-;6-5-. The second-order valence-electron chi connectivity index (χ2n) is 4.29. The third-order valence-electron chi connectivity index (χ3n) is 2.34. The first-order chi connectivity index (χ1) is 11.7. The highest BCUT2D eigenvalue weighted by atomic mass is 31.2. The smallest absolute Gasteiger partial charge is 0.251 e. The van der Waals surface area contributed by atoms with Crippen LogP contribution in [0.4, 0.5) is 0 Å². The van der Waals surface area contributed by atoms with Crippen LogP contribution in [0.15, 0.2) is 23.5 Å². The first-order valence-corrected chi connectivity index (χ1v) is 7.92. The van der Waals surface area contributed by atoms with Gasteiger partial charge in [-0.3, -0.25) is 14.9 Å². The van der Waals surface area contributed by atoms with E-state index < -0.39 is 31.6 Å². The predicted octanol–water partition coefficient (Wildman–Crippen LogP) is -0.462. The average molecular weight is 384 g/mol. The summed E-state index contributed by atoms with van der Waals surface area (Å²) in [7, 11) is 3.28. The normalized spacial score (nSPS) is 12.9. The van der Waals surface area contributed by atoms with Gasteiger partial charge in [0.1, 0.15) is 12.8 Å². The number of carbonyl (C=O) groups excluding carboxylic acids is 2. The molecule has 12 heteroatoms. The Labute approximate surface area is 147 Å². The van der Waals surface area contributed by atoms with E-state index in [0.717, 1.165) is 0 Å². The van der Waals surface area contributed by atoms with Gasteiger partial charge in [0, 0.05) is 40.7 Å². The summed E-state index contributed by atoms with van der Waals surface area (Å²) in [6.07, 6.45) is 2.20. The first-order valence-electron chi connectivity index (χ1n) is 6.68. The summed E-state index contributed by atoms with van der Waals surface area (Å²) < 4.78 is 14.1. The van der Waals surface area contributed by atoms with Crippen LogP contribution in [0.1, 0.15) is 0 Å². The van der Waals surface area contributed by atoms with Crippen molar-refractivity contribution in [3.8, 4) is 0 Å². The molecule has 0 spiro atoms.